The molecule has 1 fully saturated rings. The van der Waals surface area contributed by atoms with E-state index in [0.717, 1.165) is 18.3 Å². The molecule has 0 heterocycles. The van der Waals surface area contributed by atoms with Gasteiger partial charge in [-0.1, -0.05) is 19.3 Å². The van der Waals surface area contributed by atoms with E-state index in [-0.39, 0.29) is 0 Å². The van der Waals surface area contributed by atoms with Gasteiger partial charge in [-0.15, -0.1) is 0 Å². The van der Waals surface area contributed by atoms with Crippen LogP contribution in [-0.2, 0) is 4.79 Å². The molecule has 2 unspecified atom stereocenters. The van der Waals surface area contributed by atoms with E-state index in [2.05, 4.69) is 18.8 Å². The lowest BCUT2D eigenvalue weighted by Gasteiger charge is -1.85. The molecule has 0 aliphatic heterocycles. The minimum Gasteiger partial charge on any atom is -0.289 e. The highest BCUT2D eigenvalue weighted by Crippen LogP contribution is 2.42. The second-order valence-corrected chi connectivity index (χ2v) is 2.81. The van der Waals surface area contributed by atoms with Crippen molar-refractivity contribution in [3.63, 3.8) is 0 Å². The van der Waals surface area contributed by atoms with Crippen molar-refractivity contribution in [3.8, 4) is 11.8 Å². The molecule has 10 heavy (non-hydrogen) atoms. The lowest BCUT2D eigenvalue weighted by molar-refractivity contribution is -0.103. The number of hydrogen-bond acceptors (Lipinski definition) is 1. The normalized spacial score (nSPS) is 28.5. The van der Waals surface area contributed by atoms with Crippen LogP contribution in [0.15, 0.2) is 0 Å². The lowest BCUT2D eigenvalue weighted by Crippen LogP contribution is -1.77. The molecule has 0 amide bonds. The molecule has 1 rings (SSSR count). The van der Waals surface area contributed by atoms with Gasteiger partial charge in [0.1, 0.15) is 0 Å². The number of hydrogen-bond donors (Lipinski definition) is 0. The fourth-order valence-corrected chi connectivity index (χ4v) is 1.29. The van der Waals surface area contributed by atoms with Crippen molar-refractivity contribution in [1.82, 2.24) is 0 Å². The quantitative estimate of drug-likeness (QED) is 0.416. The zero-order chi connectivity index (χ0) is 7.40. The first kappa shape index (κ1) is 7.34. The van der Waals surface area contributed by atoms with Gasteiger partial charge in [-0.2, -0.15) is 0 Å². The van der Waals surface area contributed by atoms with Crippen LogP contribution in [0.25, 0.3) is 0 Å². The fraction of sp³-hybridized carbons (Fsp3) is 0.667. The maximum Gasteiger partial charge on any atom is 0.192 e. The Morgan fingerprint density at radius 3 is 2.90 bits per heavy atom. The Morgan fingerprint density at radius 2 is 2.40 bits per heavy atom. The fourth-order valence-electron chi connectivity index (χ4n) is 1.29. The van der Waals surface area contributed by atoms with E-state index in [1.807, 2.05) is 0 Å². The predicted molar refractivity (Wildman–Crippen MR) is 40.3 cm³/mol. The minimum atomic E-state index is 0.670. The molecule has 2 atom stereocenters. The molecule has 1 aliphatic rings. The maximum absolute atomic E-state index is 9.78. The van der Waals surface area contributed by atoms with E-state index in [0.29, 0.717) is 6.29 Å². The third kappa shape index (κ3) is 1.88. The van der Waals surface area contributed by atoms with Gasteiger partial charge in [-0.25, -0.2) is 0 Å². The van der Waals surface area contributed by atoms with Crippen molar-refractivity contribution in [2.75, 3.05) is 0 Å². The second kappa shape index (κ2) is 3.41. The molecule has 0 radical (unpaired) electrons. The zero-order valence-electron chi connectivity index (χ0n) is 6.26. The highest BCUT2D eigenvalue weighted by atomic mass is 16.1. The molecular weight excluding hydrogens is 124 g/mol. The summed E-state index contributed by atoms with van der Waals surface area (Å²) in [6.07, 6.45) is 4.19. The topological polar surface area (TPSA) is 17.1 Å². The van der Waals surface area contributed by atoms with Crippen LogP contribution in [-0.4, -0.2) is 6.29 Å². The standard InChI is InChI=1S/C9H12O/c1-2-8-7-9(8)5-3-4-6-10/h6,8-9H,2,5,7H2,1H3. The molecule has 0 spiro atoms. The van der Waals surface area contributed by atoms with Crippen LogP contribution in [0.1, 0.15) is 26.2 Å². The maximum atomic E-state index is 9.78. The minimum absolute atomic E-state index is 0.670. The van der Waals surface area contributed by atoms with E-state index in [1.165, 1.54) is 12.8 Å². The Labute approximate surface area is 61.8 Å². The van der Waals surface area contributed by atoms with Crippen LogP contribution in [0.5, 0.6) is 0 Å². The van der Waals surface area contributed by atoms with Crippen molar-refractivity contribution in [2.24, 2.45) is 11.8 Å². The van der Waals surface area contributed by atoms with Gasteiger partial charge in [0.15, 0.2) is 6.29 Å². The zero-order valence-corrected chi connectivity index (χ0v) is 6.26. The SMILES string of the molecule is CCC1CC1CC#CC=O. The summed E-state index contributed by atoms with van der Waals surface area (Å²) in [4.78, 5) is 9.78. The van der Waals surface area contributed by atoms with E-state index in [1.54, 1.807) is 0 Å². The van der Waals surface area contributed by atoms with E-state index >= 15 is 0 Å². The number of carbonyl (C=O) groups is 1. The summed E-state index contributed by atoms with van der Waals surface area (Å²) in [7, 11) is 0. The van der Waals surface area contributed by atoms with Crippen LogP contribution in [0.2, 0.25) is 0 Å². The Balaban J connectivity index is 2.12. The summed E-state index contributed by atoms with van der Waals surface area (Å²) in [5, 5.41) is 0. The van der Waals surface area contributed by atoms with Crippen molar-refractivity contribution < 1.29 is 4.79 Å². The summed E-state index contributed by atoms with van der Waals surface area (Å²) in [5.74, 6) is 6.98. The summed E-state index contributed by atoms with van der Waals surface area (Å²) in [6.45, 7) is 2.21. The molecular formula is C9H12O. The number of rotatable bonds is 2. The predicted octanol–water partition coefficient (Wildman–Crippen LogP) is 1.62. The monoisotopic (exact) mass is 136 g/mol. The summed E-state index contributed by atoms with van der Waals surface area (Å²) < 4.78 is 0. The smallest absolute Gasteiger partial charge is 0.192 e. The van der Waals surface area contributed by atoms with Gasteiger partial charge in [-0.3, -0.25) is 4.79 Å². The largest absolute Gasteiger partial charge is 0.289 e. The van der Waals surface area contributed by atoms with E-state index < -0.39 is 0 Å². The molecule has 1 heteroatoms. The third-order valence-corrected chi connectivity index (χ3v) is 2.12. The van der Waals surface area contributed by atoms with Crippen LogP contribution in [0.3, 0.4) is 0 Å². The van der Waals surface area contributed by atoms with Gasteiger partial charge in [0.2, 0.25) is 0 Å². The summed E-state index contributed by atoms with van der Waals surface area (Å²) >= 11 is 0. The number of carbonyl (C=O) groups excluding carboxylic acids is 1. The van der Waals surface area contributed by atoms with Gasteiger partial charge in [0.25, 0.3) is 0 Å². The third-order valence-electron chi connectivity index (χ3n) is 2.12. The van der Waals surface area contributed by atoms with Gasteiger partial charge in [0, 0.05) is 6.42 Å². The molecule has 0 N–H and O–H groups in total. The van der Waals surface area contributed by atoms with Gasteiger partial charge in [0.05, 0.1) is 0 Å². The molecule has 1 aliphatic carbocycles. The molecule has 1 nitrogen and oxygen atoms in total. The first-order chi connectivity index (χ1) is 4.88. The highest BCUT2D eigenvalue weighted by molar-refractivity contribution is 5.72. The molecule has 54 valence electrons. The first-order valence-electron chi connectivity index (χ1n) is 3.80. The number of aldehydes is 1. The van der Waals surface area contributed by atoms with E-state index in [4.69, 9.17) is 0 Å². The Bertz CT molecular complexity index is 173. The highest BCUT2D eigenvalue weighted by Gasteiger charge is 2.33. The van der Waals surface area contributed by atoms with Crippen LogP contribution < -0.4 is 0 Å². The lowest BCUT2D eigenvalue weighted by atomic mass is 10.2. The molecule has 0 saturated heterocycles. The molecule has 0 bridgehead atoms. The van der Waals surface area contributed by atoms with Crippen molar-refractivity contribution in [3.05, 3.63) is 0 Å². The average molecular weight is 136 g/mol. The van der Waals surface area contributed by atoms with Gasteiger partial charge < -0.3 is 0 Å². The average Bonchev–Trinajstić information content (AvgIpc) is 2.68. The van der Waals surface area contributed by atoms with Crippen molar-refractivity contribution >= 4 is 6.29 Å². The molecule has 0 aromatic heterocycles. The Hall–Kier alpha value is -0.770. The van der Waals surface area contributed by atoms with Crippen LogP contribution in [0.4, 0.5) is 0 Å². The summed E-state index contributed by atoms with van der Waals surface area (Å²) in [5.41, 5.74) is 0. The second-order valence-electron chi connectivity index (χ2n) is 2.81. The Morgan fingerprint density at radius 1 is 1.60 bits per heavy atom. The first-order valence-corrected chi connectivity index (χ1v) is 3.80. The van der Waals surface area contributed by atoms with Crippen molar-refractivity contribution in [1.29, 1.82) is 0 Å². The van der Waals surface area contributed by atoms with Crippen molar-refractivity contribution in [2.45, 2.75) is 26.2 Å². The van der Waals surface area contributed by atoms with Crippen LogP contribution in [0, 0.1) is 23.7 Å². The van der Waals surface area contributed by atoms with E-state index in [9.17, 15) is 4.79 Å². The molecule has 0 aromatic carbocycles. The van der Waals surface area contributed by atoms with Crippen LogP contribution >= 0.6 is 0 Å². The van der Waals surface area contributed by atoms with Gasteiger partial charge in [-0.05, 0) is 24.2 Å². The summed E-state index contributed by atoms with van der Waals surface area (Å²) in [6, 6.07) is 0. The Kier molecular flexibility index (Phi) is 2.50. The molecule has 1 saturated carbocycles. The van der Waals surface area contributed by atoms with Gasteiger partial charge >= 0.3 is 0 Å². The molecule has 0 aromatic rings.